The maximum Gasteiger partial charge on any atom is 0.0522 e. The summed E-state index contributed by atoms with van der Waals surface area (Å²) in [5.41, 5.74) is 7.28. The highest BCUT2D eigenvalue weighted by Gasteiger charge is 2.19. The number of hydrogen-bond donors (Lipinski definition) is 2. The second-order valence-electron chi connectivity index (χ2n) is 3.78. The van der Waals surface area contributed by atoms with Crippen molar-refractivity contribution in [1.29, 1.82) is 0 Å². The van der Waals surface area contributed by atoms with Gasteiger partial charge in [0.25, 0.3) is 0 Å². The summed E-state index contributed by atoms with van der Waals surface area (Å²) < 4.78 is 0.894. The van der Waals surface area contributed by atoms with E-state index in [1.54, 1.807) is 0 Å². The van der Waals surface area contributed by atoms with Gasteiger partial charge in [0.05, 0.1) is 6.61 Å². The van der Waals surface area contributed by atoms with E-state index in [2.05, 4.69) is 15.9 Å². The number of hydrogen-bond acceptors (Lipinski definition) is 2. The Morgan fingerprint density at radius 3 is 2.54 bits per heavy atom. The highest BCUT2D eigenvalue weighted by molar-refractivity contribution is 9.10. The first-order chi connectivity index (χ1) is 5.97. The summed E-state index contributed by atoms with van der Waals surface area (Å²) >= 11 is 3.33. The van der Waals surface area contributed by atoms with Crippen LogP contribution in [0.2, 0.25) is 0 Å². The van der Waals surface area contributed by atoms with Gasteiger partial charge in [0.2, 0.25) is 0 Å². The van der Waals surface area contributed by atoms with Crippen molar-refractivity contribution >= 4 is 21.6 Å². The highest BCUT2D eigenvalue weighted by atomic mass is 79.9. The van der Waals surface area contributed by atoms with Crippen LogP contribution in [0.5, 0.6) is 0 Å². The molecule has 0 aliphatic rings. The first-order valence-corrected chi connectivity index (χ1v) is 4.93. The van der Waals surface area contributed by atoms with E-state index in [1.165, 1.54) is 0 Å². The molecule has 0 unspecified atom stereocenters. The maximum atomic E-state index is 9.16. The van der Waals surface area contributed by atoms with Crippen molar-refractivity contribution in [2.24, 2.45) is 0 Å². The van der Waals surface area contributed by atoms with Crippen LogP contribution in [-0.2, 0) is 5.41 Å². The molecule has 0 saturated heterocycles. The predicted octanol–water partition coefficient (Wildman–Crippen LogP) is 2.30. The van der Waals surface area contributed by atoms with Crippen LogP contribution < -0.4 is 5.73 Å². The molecule has 0 fully saturated rings. The van der Waals surface area contributed by atoms with Crippen LogP contribution in [0.3, 0.4) is 0 Å². The van der Waals surface area contributed by atoms with Crippen LogP contribution in [0, 0.1) is 0 Å². The monoisotopic (exact) mass is 243 g/mol. The summed E-state index contributed by atoms with van der Waals surface area (Å²) in [5.74, 6) is 0. The van der Waals surface area contributed by atoms with E-state index in [0.717, 1.165) is 10.0 Å². The topological polar surface area (TPSA) is 46.2 Å². The Kier molecular flexibility index (Phi) is 2.98. The number of nitrogen functional groups attached to an aromatic ring is 1. The van der Waals surface area contributed by atoms with Crippen molar-refractivity contribution in [2.45, 2.75) is 19.3 Å². The van der Waals surface area contributed by atoms with E-state index in [0.29, 0.717) is 5.69 Å². The molecule has 0 bridgehead atoms. The zero-order chi connectivity index (χ0) is 10.1. The van der Waals surface area contributed by atoms with Crippen molar-refractivity contribution in [3.8, 4) is 0 Å². The molecular formula is C10H14BrNO. The summed E-state index contributed by atoms with van der Waals surface area (Å²) in [5, 5.41) is 9.16. The van der Waals surface area contributed by atoms with Gasteiger partial charge in [-0.15, -0.1) is 0 Å². The van der Waals surface area contributed by atoms with Crippen molar-refractivity contribution in [3.63, 3.8) is 0 Å². The van der Waals surface area contributed by atoms with E-state index in [1.807, 2.05) is 32.0 Å². The van der Waals surface area contributed by atoms with Crippen LogP contribution >= 0.6 is 15.9 Å². The van der Waals surface area contributed by atoms with E-state index >= 15 is 0 Å². The third kappa shape index (κ3) is 2.23. The van der Waals surface area contributed by atoms with Gasteiger partial charge in [0, 0.05) is 15.6 Å². The normalized spacial score (nSPS) is 11.7. The molecule has 0 aliphatic carbocycles. The molecule has 13 heavy (non-hydrogen) atoms. The molecule has 0 atom stereocenters. The van der Waals surface area contributed by atoms with Crippen molar-refractivity contribution < 1.29 is 5.11 Å². The third-order valence-corrected chi connectivity index (χ3v) is 2.89. The molecule has 1 rings (SSSR count). The lowest BCUT2D eigenvalue weighted by molar-refractivity contribution is 0.218. The second-order valence-corrected chi connectivity index (χ2v) is 4.63. The first kappa shape index (κ1) is 10.5. The molecule has 0 aromatic heterocycles. The quantitative estimate of drug-likeness (QED) is 0.784. The van der Waals surface area contributed by atoms with Gasteiger partial charge in [0.1, 0.15) is 0 Å². The third-order valence-electron chi connectivity index (χ3n) is 2.17. The Morgan fingerprint density at radius 1 is 1.46 bits per heavy atom. The smallest absolute Gasteiger partial charge is 0.0522 e. The minimum Gasteiger partial charge on any atom is -0.398 e. The van der Waals surface area contributed by atoms with Crippen LogP contribution in [0.1, 0.15) is 19.4 Å². The van der Waals surface area contributed by atoms with Crippen molar-refractivity contribution in [2.75, 3.05) is 12.3 Å². The Bertz CT molecular complexity index is 310. The Morgan fingerprint density at radius 2 is 2.08 bits per heavy atom. The minimum absolute atomic E-state index is 0.119. The molecule has 3 heteroatoms. The molecule has 0 amide bonds. The molecule has 0 spiro atoms. The Hall–Kier alpha value is -0.540. The van der Waals surface area contributed by atoms with Crippen molar-refractivity contribution in [1.82, 2.24) is 0 Å². The predicted molar refractivity (Wildman–Crippen MR) is 58.7 cm³/mol. The summed E-state index contributed by atoms with van der Waals surface area (Å²) in [6.07, 6.45) is 0. The first-order valence-electron chi connectivity index (χ1n) is 4.14. The summed E-state index contributed by atoms with van der Waals surface area (Å²) in [6.45, 7) is 4.08. The SMILES string of the molecule is CC(C)(CO)c1ccc(Br)c(N)c1. The lowest BCUT2D eigenvalue weighted by atomic mass is 9.85. The zero-order valence-electron chi connectivity index (χ0n) is 7.84. The van der Waals surface area contributed by atoms with Gasteiger partial charge in [-0.1, -0.05) is 19.9 Å². The average Bonchev–Trinajstić information content (AvgIpc) is 2.09. The molecule has 3 N–H and O–H groups in total. The van der Waals surface area contributed by atoms with Gasteiger partial charge < -0.3 is 10.8 Å². The molecule has 2 nitrogen and oxygen atoms in total. The van der Waals surface area contributed by atoms with Gasteiger partial charge in [-0.3, -0.25) is 0 Å². The average molecular weight is 244 g/mol. The molecule has 1 aromatic rings. The number of nitrogens with two attached hydrogens (primary N) is 1. The number of rotatable bonds is 2. The van der Waals surface area contributed by atoms with E-state index in [-0.39, 0.29) is 12.0 Å². The largest absolute Gasteiger partial charge is 0.398 e. The molecular weight excluding hydrogens is 230 g/mol. The molecule has 72 valence electrons. The van der Waals surface area contributed by atoms with Gasteiger partial charge in [-0.25, -0.2) is 0 Å². The Labute approximate surface area is 86.9 Å². The van der Waals surface area contributed by atoms with Gasteiger partial charge in [0.15, 0.2) is 0 Å². The molecule has 0 saturated carbocycles. The fourth-order valence-electron chi connectivity index (χ4n) is 1.06. The maximum absolute atomic E-state index is 9.16. The van der Waals surface area contributed by atoms with E-state index < -0.39 is 0 Å². The molecule has 0 radical (unpaired) electrons. The second kappa shape index (κ2) is 3.68. The number of halogens is 1. The fourth-order valence-corrected chi connectivity index (χ4v) is 1.30. The Balaban J connectivity index is 3.10. The van der Waals surface area contributed by atoms with Gasteiger partial charge in [-0.2, -0.15) is 0 Å². The standard InChI is InChI=1S/C10H14BrNO/c1-10(2,6-13)7-3-4-8(11)9(12)5-7/h3-5,13H,6,12H2,1-2H3. The van der Waals surface area contributed by atoms with Crippen LogP contribution in [-0.4, -0.2) is 11.7 Å². The lowest BCUT2D eigenvalue weighted by Crippen LogP contribution is -2.22. The highest BCUT2D eigenvalue weighted by Crippen LogP contribution is 2.28. The van der Waals surface area contributed by atoms with Gasteiger partial charge >= 0.3 is 0 Å². The number of aliphatic hydroxyl groups excluding tert-OH is 1. The zero-order valence-corrected chi connectivity index (χ0v) is 9.43. The van der Waals surface area contributed by atoms with Gasteiger partial charge in [-0.05, 0) is 33.6 Å². The van der Waals surface area contributed by atoms with Crippen LogP contribution in [0.15, 0.2) is 22.7 Å². The molecule has 0 heterocycles. The molecule has 1 aromatic carbocycles. The molecule has 0 aliphatic heterocycles. The lowest BCUT2D eigenvalue weighted by Gasteiger charge is -2.22. The van der Waals surface area contributed by atoms with Crippen molar-refractivity contribution in [3.05, 3.63) is 28.2 Å². The van der Waals surface area contributed by atoms with E-state index in [4.69, 9.17) is 10.8 Å². The number of anilines is 1. The number of benzene rings is 1. The summed E-state index contributed by atoms with van der Waals surface area (Å²) in [7, 11) is 0. The minimum atomic E-state index is -0.227. The van der Waals surface area contributed by atoms with Crippen LogP contribution in [0.25, 0.3) is 0 Å². The van der Waals surface area contributed by atoms with Crippen LogP contribution in [0.4, 0.5) is 5.69 Å². The number of aliphatic hydroxyl groups is 1. The summed E-state index contributed by atoms with van der Waals surface area (Å²) in [6, 6.07) is 5.76. The van der Waals surface area contributed by atoms with E-state index in [9.17, 15) is 0 Å². The summed E-state index contributed by atoms with van der Waals surface area (Å²) in [4.78, 5) is 0. The fraction of sp³-hybridized carbons (Fsp3) is 0.400.